The zero-order chi connectivity index (χ0) is 23.4. The van der Waals surface area contributed by atoms with Gasteiger partial charge in [-0.2, -0.15) is 4.98 Å². The summed E-state index contributed by atoms with van der Waals surface area (Å²) in [5.74, 6) is -0.968. The number of hydrogen-bond donors (Lipinski definition) is 2. The van der Waals surface area contributed by atoms with Crippen LogP contribution in [0.25, 0.3) is 5.69 Å². The highest BCUT2D eigenvalue weighted by atomic mass is 16.5. The molecule has 0 saturated carbocycles. The molecular formula is C24H21N5O4. The number of nitrogens with zero attached hydrogens (tertiary/aromatic N) is 4. The maximum absolute atomic E-state index is 13.1. The summed E-state index contributed by atoms with van der Waals surface area (Å²) in [5, 5.41) is 12.6. The number of ether oxygens (including phenoxy) is 1. The molecule has 1 amide bonds. The molecule has 9 heteroatoms. The molecule has 0 aliphatic carbocycles. The Morgan fingerprint density at radius 1 is 0.970 bits per heavy atom. The Bertz CT molecular complexity index is 1290. The summed E-state index contributed by atoms with van der Waals surface area (Å²) in [4.78, 5) is 35.6. The van der Waals surface area contributed by atoms with Crippen LogP contribution in [0.5, 0.6) is 11.6 Å². The van der Waals surface area contributed by atoms with Crippen molar-refractivity contribution in [1.29, 1.82) is 0 Å². The van der Waals surface area contributed by atoms with Crippen molar-refractivity contribution in [2.75, 3.05) is 24.3 Å². The van der Waals surface area contributed by atoms with Crippen molar-refractivity contribution in [2.45, 2.75) is 0 Å². The van der Waals surface area contributed by atoms with Gasteiger partial charge in [-0.1, -0.05) is 36.4 Å². The number of carboxylic acid groups (broad SMARTS) is 1. The van der Waals surface area contributed by atoms with Crippen molar-refractivity contribution in [3.63, 3.8) is 0 Å². The number of carbonyl (C=O) groups excluding carboxylic acids is 1. The summed E-state index contributed by atoms with van der Waals surface area (Å²) in [7, 11) is 3.48. The first-order chi connectivity index (χ1) is 16.0. The van der Waals surface area contributed by atoms with Gasteiger partial charge in [-0.15, -0.1) is 0 Å². The van der Waals surface area contributed by atoms with Crippen LogP contribution in [0.15, 0.2) is 79.0 Å². The third-order valence-electron chi connectivity index (χ3n) is 4.68. The number of pyridine rings is 1. The van der Waals surface area contributed by atoms with Crippen molar-refractivity contribution >= 4 is 23.6 Å². The quantitative estimate of drug-likeness (QED) is 0.443. The first-order valence-corrected chi connectivity index (χ1v) is 10.0. The summed E-state index contributed by atoms with van der Waals surface area (Å²) < 4.78 is 7.24. The molecule has 33 heavy (non-hydrogen) atoms. The number of amides is 1. The first-order valence-electron chi connectivity index (χ1n) is 10.0. The molecule has 9 nitrogen and oxygen atoms in total. The van der Waals surface area contributed by atoms with Crippen LogP contribution in [0.2, 0.25) is 0 Å². The van der Waals surface area contributed by atoms with Gasteiger partial charge < -0.3 is 20.1 Å². The highest BCUT2D eigenvalue weighted by Gasteiger charge is 2.27. The number of nitrogens with one attached hydrogen (secondary N) is 1. The second kappa shape index (κ2) is 9.23. The molecule has 0 unspecified atom stereocenters. The zero-order valence-corrected chi connectivity index (χ0v) is 18.0. The Kier molecular flexibility index (Phi) is 6.03. The number of imidazole rings is 1. The third-order valence-corrected chi connectivity index (χ3v) is 4.68. The lowest BCUT2D eigenvalue weighted by Crippen LogP contribution is -2.18. The first kappa shape index (κ1) is 21.6. The summed E-state index contributed by atoms with van der Waals surface area (Å²) in [6.45, 7) is 0. The molecule has 0 aliphatic heterocycles. The minimum atomic E-state index is -1.23. The SMILES string of the molecule is CN(C)c1nc(NC(=O)c2cccnc2Oc2ccccc2)c(C(=O)O)n1-c1ccccc1. The predicted molar refractivity (Wildman–Crippen MR) is 124 cm³/mol. The third kappa shape index (κ3) is 4.52. The molecule has 2 aromatic heterocycles. The van der Waals surface area contributed by atoms with Crippen LogP contribution >= 0.6 is 0 Å². The molecule has 4 aromatic rings. The topological polar surface area (TPSA) is 110 Å². The van der Waals surface area contributed by atoms with Gasteiger partial charge in [0.1, 0.15) is 11.3 Å². The molecule has 0 fully saturated rings. The lowest BCUT2D eigenvalue weighted by molar-refractivity contribution is 0.0689. The number of para-hydroxylation sites is 2. The Morgan fingerprint density at radius 3 is 2.27 bits per heavy atom. The van der Waals surface area contributed by atoms with Gasteiger partial charge in [0.15, 0.2) is 11.5 Å². The van der Waals surface area contributed by atoms with E-state index in [1.165, 1.54) is 10.8 Å². The molecule has 0 bridgehead atoms. The molecule has 2 aromatic carbocycles. The van der Waals surface area contributed by atoms with Gasteiger partial charge in [-0.05, 0) is 36.4 Å². The molecule has 0 aliphatic rings. The Morgan fingerprint density at radius 2 is 1.64 bits per heavy atom. The van der Waals surface area contributed by atoms with Crippen molar-refractivity contribution in [3.05, 3.63) is 90.3 Å². The average molecular weight is 443 g/mol. The van der Waals surface area contributed by atoms with Crippen LogP contribution in [0.1, 0.15) is 20.8 Å². The zero-order valence-electron chi connectivity index (χ0n) is 18.0. The van der Waals surface area contributed by atoms with Gasteiger partial charge in [-0.25, -0.2) is 9.78 Å². The lowest BCUT2D eigenvalue weighted by Gasteiger charge is -2.15. The minimum Gasteiger partial charge on any atom is -0.476 e. The number of aromatic carboxylic acids is 1. The van der Waals surface area contributed by atoms with E-state index in [2.05, 4.69) is 15.3 Å². The summed E-state index contributed by atoms with van der Waals surface area (Å²) >= 11 is 0. The van der Waals surface area contributed by atoms with E-state index in [9.17, 15) is 14.7 Å². The summed E-state index contributed by atoms with van der Waals surface area (Å²) in [6, 6.07) is 21.0. The van der Waals surface area contributed by atoms with Gasteiger partial charge in [0.25, 0.3) is 5.91 Å². The van der Waals surface area contributed by atoms with Crippen LogP contribution in [-0.4, -0.2) is 45.6 Å². The summed E-state index contributed by atoms with van der Waals surface area (Å²) in [6.07, 6.45) is 1.51. The van der Waals surface area contributed by atoms with E-state index in [0.717, 1.165) is 0 Å². The van der Waals surface area contributed by atoms with Gasteiger partial charge in [0.2, 0.25) is 11.8 Å². The summed E-state index contributed by atoms with van der Waals surface area (Å²) in [5.41, 5.74) is 0.562. The molecule has 2 heterocycles. The van der Waals surface area contributed by atoms with Gasteiger partial charge >= 0.3 is 5.97 Å². The average Bonchev–Trinajstić information content (AvgIpc) is 3.20. The molecule has 4 rings (SSSR count). The van der Waals surface area contributed by atoms with E-state index in [1.54, 1.807) is 79.7 Å². The van der Waals surface area contributed by atoms with E-state index in [0.29, 0.717) is 17.4 Å². The lowest BCUT2D eigenvalue weighted by atomic mass is 10.2. The van der Waals surface area contributed by atoms with Crippen LogP contribution in [-0.2, 0) is 0 Å². The van der Waals surface area contributed by atoms with Gasteiger partial charge in [-0.3, -0.25) is 9.36 Å². The number of anilines is 2. The Hall–Kier alpha value is -4.66. The smallest absolute Gasteiger partial charge is 0.356 e. The maximum Gasteiger partial charge on any atom is 0.356 e. The van der Waals surface area contributed by atoms with E-state index in [4.69, 9.17) is 4.74 Å². The van der Waals surface area contributed by atoms with Crippen LogP contribution < -0.4 is 15.0 Å². The van der Waals surface area contributed by atoms with Crippen LogP contribution in [0, 0.1) is 0 Å². The highest BCUT2D eigenvalue weighted by molar-refractivity contribution is 6.08. The fourth-order valence-corrected chi connectivity index (χ4v) is 3.23. The number of benzene rings is 2. The number of carbonyl (C=O) groups is 2. The van der Waals surface area contributed by atoms with E-state index in [-0.39, 0.29) is 23.0 Å². The molecule has 166 valence electrons. The normalized spacial score (nSPS) is 10.5. The number of aromatic nitrogens is 3. The van der Waals surface area contributed by atoms with Crippen molar-refractivity contribution < 1.29 is 19.4 Å². The van der Waals surface area contributed by atoms with E-state index in [1.807, 2.05) is 12.1 Å². The molecule has 2 N–H and O–H groups in total. The van der Waals surface area contributed by atoms with Crippen molar-refractivity contribution in [3.8, 4) is 17.3 Å². The number of carboxylic acids is 1. The number of rotatable bonds is 7. The molecule has 0 atom stereocenters. The van der Waals surface area contributed by atoms with Crippen molar-refractivity contribution in [1.82, 2.24) is 14.5 Å². The predicted octanol–water partition coefficient (Wildman–Crippen LogP) is 4.08. The minimum absolute atomic E-state index is 0.0884. The Labute approximate surface area is 189 Å². The fraction of sp³-hybridized carbons (Fsp3) is 0.0833. The molecule has 0 spiro atoms. The van der Waals surface area contributed by atoms with Crippen LogP contribution in [0.4, 0.5) is 11.8 Å². The van der Waals surface area contributed by atoms with Gasteiger partial charge in [0, 0.05) is 26.0 Å². The van der Waals surface area contributed by atoms with Crippen LogP contribution in [0.3, 0.4) is 0 Å². The van der Waals surface area contributed by atoms with Gasteiger partial charge in [0.05, 0.1) is 0 Å². The fourth-order valence-electron chi connectivity index (χ4n) is 3.23. The second-order valence-electron chi connectivity index (χ2n) is 7.20. The van der Waals surface area contributed by atoms with E-state index < -0.39 is 11.9 Å². The second-order valence-corrected chi connectivity index (χ2v) is 7.20. The largest absolute Gasteiger partial charge is 0.476 e. The molecule has 0 saturated heterocycles. The standard InChI is InChI=1S/C24H21N5O4/c1-28(2)24-27-20(19(23(31)32)29(24)16-10-5-3-6-11-16)26-21(30)18-14-9-15-25-22(18)33-17-12-7-4-8-13-17/h3-15H,1-2H3,(H,26,30)(H,31,32). The van der Waals surface area contributed by atoms with E-state index >= 15 is 0 Å². The Balaban J connectivity index is 1.73. The molecule has 0 radical (unpaired) electrons. The van der Waals surface area contributed by atoms with Crippen molar-refractivity contribution in [2.24, 2.45) is 0 Å². The maximum atomic E-state index is 13.1. The number of hydrogen-bond acceptors (Lipinski definition) is 6. The monoisotopic (exact) mass is 443 g/mol. The molecular weight excluding hydrogens is 422 g/mol. The highest BCUT2D eigenvalue weighted by Crippen LogP contribution is 2.29.